The van der Waals surface area contributed by atoms with Gasteiger partial charge >= 0.3 is 0 Å². The van der Waals surface area contributed by atoms with Crippen molar-refractivity contribution in [2.75, 3.05) is 6.26 Å². The van der Waals surface area contributed by atoms with E-state index in [0.29, 0.717) is 28.2 Å². The second kappa shape index (κ2) is 8.87. The fourth-order valence-electron chi connectivity index (χ4n) is 4.30. The molecular formula is C26H20FN7O2S. The Balaban J connectivity index is 1.44. The first-order valence-electron chi connectivity index (χ1n) is 11.3. The average Bonchev–Trinajstić information content (AvgIpc) is 3.51. The van der Waals surface area contributed by atoms with Crippen molar-refractivity contribution in [2.24, 2.45) is 0 Å². The maximum absolute atomic E-state index is 14.5. The quantitative estimate of drug-likeness (QED) is 0.302. The molecule has 3 N–H and O–H groups in total. The minimum atomic E-state index is -3.42. The van der Waals surface area contributed by atoms with Gasteiger partial charge in [-0.15, -0.1) is 0 Å². The predicted octanol–water partition coefficient (Wildman–Crippen LogP) is 4.42. The lowest BCUT2D eigenvalue weighted by Crippen LogP contribution is -2.21. The lowest BCUT2D eigenvalue weighted by atomic mass is 10.0. The highest BCUT2D eigenvalue weighted by Crippen LogP contribution is 2.34. The average molecular weight is 514 g/mol. The molecule has 6 rings (SSSR count). The third-order valence-corrected chi connectivity index (χ3v) is 6.62. The molecule has 6 aromatic rings. The number of pyridine rings is 3. The van der Waals surface area contributed by atoms with Crippen LogP contribution >= 0.6 is 0 Å². The van der Waals surface area contributed by atoms with Crippen LogP contribution in [0.3, 0.4) is 0 Å². The molecule has 184 valence electrons. The highest BCUT2D eigenvalue weighted by atomic mass is 32.2. The van der Waals surface area contributed by atoms with Gasteiger partial charge in [-0.1, -0.05) is 6.07 Å². The zero-order chi connectivity index (χ0) is 25.6. The topological polar surface area (TPSA) is 129 Å². The lowest BCUT2D eigenvalue weighted by Gasteiger charge is -2.07. The molecule has 0 aliphatic carbocycles. The molecule has 0 bridgehead atoms. The Bertz CT molecular complexity index is 1880. The minimum absolute atomic E-state index is 0.0250. The van der Waals surface area contributed by atoms with E-state index >= 15 is 0 Å². The number of aromatic nitrogens is 6. The predicted molar refractivity (Wildman–Crippen MR) is 139 cm³/mol. The van der Waals surface area contributed by atoms with Crippen LogP contribution in [0.15, 0.2) is 73.2 Å². The summed E-state index contributed by atoms with van der Waals surface area (Å²) in [4.78, 5) is 16.8. The second-order valence-corrected chi connectivity index (χ2v) is 10.5. The van der Waals surface area contributed by atoms with Gasteiger partial charge in [-0.3, -0.25) is 15.1 Å². The Labute approximate surface area is 210 Å². The number of nitrogens with zero attached hydrogens (tertiary/aromatic N) is 4. The Morgan fingerprint density at radius 2 is 1.81 bits per heavy atom. The van der Waals surface area contributed by atoms with Crippen molar-refractivity contribution >= 4 is 32.0 Å². The summed E-state index contributed by atoms with van der Waals surface area (Å²) < 4.78 is 39.9. The van der Waals surface area contributed by atoms with Crippen LogP contribution in [0.4, 0.5) is 4.39 Å². The molecule has 5 aromatic heterocycles. The Morgan fingerprint density at radius 1 is 0.919 bits per heavy atom. The molecule has 9 nitrogen and oxygen atoms in total. The first kappa shape index (κ1) is 23.0. The van der Waals surface area contributed by atoms with Crippen LogP contribution in [0, 0.1) is 5.82 Å². The van der Waals surface area contributed by atoms with Gasteiger partial charge in [-0.25, -0.2) is 22.5 Å². The SMILES string of the molecule is CS(=O)(=O)NCc1cc(F)cc(-c2nccc3[nH]c(-c4n[nH]c5ncc(-c6ccccn6)cc45)cc23)c1. The van der Waals surface area contributed by atoms with Gasteiger partial charge in [-0.2, -0.15) is 5.10 Å². The van der Waals surface area contributed by atoms with Crippen molar-refractivity contribution in [1.82, 2.24) is 34.9 Å². The van der Waals surface area contributed by atoms with E-state index in [1.807, 2.05) is 36.4 Å². The van der Waals surface area contributed by atoms with Crippen LogP contribution in [-0.2, 0) is 16.6 Å². The second-order valence-electron chi connectivity index (χ2n) is 8.65. The molecule has 0 fully saturated rings. The first-order valence-corrected chi connectivity index (χ1v) is 13.2. The number of sulfonamides is 1. The number of hydrogen-bond acceptors (Lipinski definition) is 6. The fraction of sp³-hybridized carbons (Fsp3) is 0.0769. The number of halogens is 1. The molecule has 0 radical (unpaired) electrons. The Morgan fingerprint density at radius 3 is 2.62 bits per heavy atom. The monoisotopic (exact) mass is 513 g/mol. The van der Waals surface area contributed by atoms with Crippen molar-refractivity contribution in [3.05, 3.63) is 84.6 Å². The van der Waals surface area contributed by atoms with Gasteiger partial charge in [0.05, 0.1) is 23.3 Å². The largest absolute Gasteiger partial charge is 0.353 e. The molecule has 0 amide bonds. The van der Waals surface area contributed by atoms with Crippen molar-refractivity contribution in [3.8, 4) is 33.9 Å². The summed E-state index contributed by atoms with van der Waals surface area (Å²) in [6.45, 7) is -0.0250. The highest BCUT2D eigenvalue weighted by molar-refractivity contribution is 7.88. The molecule has 11 heteroatoms. The van der Waals surface area contributed by atoms with Gasteiger partial charge in [-0.05, 0) is 54.1 Å². The van der Waals surface area contributed by atoms with E-state index in [1.165, 1.54) is 12.1 Å². The maximum Gasteiger partial charge on any atom is 0.209 e. The summed E-state index contributed by atoms with van der Waals surface area (Å²) in [5.41, 5.74) is 6.11. The third kappa shape index (κ3) is 4.57. The van der Waals surface area contributed by atoms with Crippen LogP contribution in [0.1, 0.15) is 5.56 Å². The molecule has 0 saturated heterocycles. The Kier molecular flexibility index (Phi) is 5.50. The number of rotatable bonds is 6. The number of H-pyrrole nitrogens is 2. The van der Waals surface area contributed by atoms with Crippen LogP contribution in [0.25, 0.3) is 55.8 Å². The molecule has 0 saturated carbocycles. The van der Waals surface area contributed by atoms with E-state index in [9.17, 15) is 12.8 Å². The van der Waals surface area contributed by atoms with Gasteiger partial charge in [0.1, 0.15) is 11.5 Å². The van der Waals surface area contributed by atoms with Gasteiger partial charge in [0.15, 0.2) is 5.65 Å². The number of hydrogen-bond donors (Lipinski definition) is 3. The van der Waals surface area contributed by atoms with E-state index in [2.05, 4.69) is 34.9 Å². The highest BCUT2D eigenvalue weighted by Gasteiger charge is 2.16. The Hall–Kier alpha value is -4.48. The van der Waals surface area contributed by atoms with Crippen LogP contribution in [-0.4, -0.2) is 44.8 Å². The molecule has 1 aromatic carbocycles. The number of fused-ring (bicyclic) bond motifs is 2. The number of aromatic amines is 2. The fourth-order valence-corrected chi connectivity index (χ4v) is 4.73. The van der Waals surface area contributed by atoms with E-state index in [0.717, 1.165) is 39.5 Å². The van der Waals surface area contributed by atoms with Gasteiger partial charge in [0, 0.05) is 52.6 Å². The van der Waals surface area contributed by atoms with Crippen LogP contribution in [0.2, 0.25) is 0 Å². The van der Waals surface area contributed by atoms with Crippen LogP contribution in [0.5, 0.6) is 0 Å². The zero-order valence-electron chi connectivity index (χ0n) is 19.5. The number of nitrogens with one attached hydrogen (secondary N) is 3. The summed E-state index contributed by atoms with van der Waals surface area (Å²) in [5, 5.41) is 9.06. The maximum atomic E-state index is 14.5. The zero-order valence-corrected chi connectivity index (χ0v) is 20.3. The molecule has 0 unspecified atom stereocenters. The van der Waals surface area contributed by atoms with Gasteiger partial charge < -0.3 is 4.98 Å². The molecule has 0 aliphatic heterocycles. The molecule has 5 heterocycles. The van der Waals surface area contributed by atoms with E-state index < -0.39 is 15.8 Å². The lowest BCUT2D eigenvalue weighted by molar-refractivity contribution is 0.586. The van der Waals surface area contributed by atoms with Gasteiger partial charge in [0.25, 0.3) is 0 Å². The third-order valence-electron chi connectivity index (χ3n) is 5.95. The minimum Gasteiger partial charge on any atom is -0.353 e. The molecule has 0 spiro atoms. The standard InChI is InChI=1S/C26H20FN7O2S/c1-37(35,36)31-13-15-8-16(10-18(27)9-15)24-19-12-23(32-22(19)5-7-29-24)25-20-11-17(14-30-26(20)34-33-25)21-4-2-3-6-28-21/h2-12,14,31-32H,13H2,1H3,(H,30,33,34). The van der Waals surface area contributed by atoms with Crippen molar-refractivity contribution < 1.29 is 12.8 Å². The summed E-state index contributed by atoms with van der Waals surface area (Å²) in [5.74, 6) is -0.483. The summed E-state index contributed by atoms with van der Waals surface area (Å²) in [6.07, 6.45) is 6.18. The van der Waals surface area contributed by atoms with Crippen molar-refractivity contribution in [2.45, 2.75) is 6.54 Å². The number of benzene rings is 1. The van der Waals surface area contributed by atoms with Gasteiger partial charge in [0.2, 0.25) is 10.0 Å². The van der Waals surface area contributed by atoms with Crippen LogP contribution < -0.4 is 4.72 Å². The molecule has 37 heavy (non-hydrogen) atoms. The van der Waals surface area contributed by atoms with E-state index in [1.54, 1.807) is 24.7 Å². The van der Waals surface area contributed by atoms with Crippen molar-refractivity contribution in [3.63, 3.8) is 0 Å². The van der Waals surface area contributed by atoms with E-state index in [4.69, 9.17) is 0 Å². The first-order chi connectivity index (χ1) is 17.8. The summed E-state index contributed by atoms with van der Waals surface area (Å²) >= 11 is 0. The van der Waals surface area contributed by atoms with Crippen molar-refractivity contribution in [1.29, 1.82) is 0 Å². The normalized spacial score (nSPS) is 11.9. The molecule has 0 aliphatic rings. The summed E-state index contributed by atoms with van der Waals surface area (Å²) in [7, 11) is -3.42. The summed E-state index contributed by atoms with van der Waals surface area (Å²) in [6, 6.07) is 15.8. The molecular weight excluding hydrogens is 493 g/mol. The molecule has 0 atom stereocenters. The van der Waals surface area contributed by atoms with E-state index in [-0.39, 0.29) is 6.54 Å². The smallest absolute Gasteiger partial charge is 0.209 e.